The van der Waals surface area contributed by atoms with E-state index in [4.69, 9.17) is 4.74 Å². The predicted molar refractivity (Wildman–Crippen MR) is 139 cm³/mol. The van der Waals surface area contributed by atoms with E-state index in [1.807, 2.05) is 24.3 Å². The molecule has 0 spiro atoms. The Kier molecular flexibility index (Phi) is 7.08. The van der Waals surface area contributed by atoms with Crippen LogP contribution >= 0.6 is 0 Å². The standard InChI is InChI=1S/C21H23N3O2S.C5H9NO2.H2/c25-27(26,24-12-5-13-24)17-8-9-21(23-10-3-4-11-23)18(15-17)20-14-16-6-1-2-7-19(16)22-20;7-5-6-1-3-8-4-2-6;/h1-2,6-9,14-15,22H,3-5,10-13H2;5H,1-4H2;1H. The van der Waals surface area contributed by atoms with Crippen molar-refractivity contribution >= 4 is 33.0 Å². The maximum Gasteiger partial charge on any atom is 0.243 e. The molecule has 4 heterocycles. The van der Waals surface area contributed by atoms with Gasteiger partial charge >= 0.3 is 0 Å². The molecule has 0 radical (unpaired) electrons. The van der Waals surface area contributed by atoms with Crippen molar-refractivity contribution in [3.05, 3.63) is 48.5 Å². The molecule has 35 heavy (non-hydrogen) atoms. The molecule has 9 heteroatoms. The minimum absolute atomic E-state index is 0. The number of anilines is 1. The zero-order valence-electron chi connectivity index (χ0n) is 19.9. The molecule has 0 aliphatic carbocycles. The number of rotatable bonds is 5. The first-order chi connectivity index (χ1) is 17.1. The quantitative estimate of drug-likeness (QED) is 0.544. The second-order valence-electron chi connectivity index (χ2n) is 9.15. The Morgan fingerprint density at radius 2 is 1.63 bits per heavy atom. The lowest BCUT2D eigenvalue weighted by Crippen LogP contribution is -2.41. The number of fused-ring (bicyclic) bond motifs is 1. The molecule has 1 amide bonds. The molecule has 0 bridgehead atoms. The number of carbonyl (C=O) groups is 1. The lowest BCUT2D eigenvalue weighted by molar-refractivity contribution is -0.121. The van der Waals surface area contributed by atoms with Crippen LogP contribution in [0.4, 0.5) is 5.69 Å². The van der Waals surface area contributed by atoms with Crippen LogP contribution in [0.3, 0.4) is 0 Å². The first-order valence-electron chi connectivity index (χ1n) is 12.3. The van der Waals surface area contributed by atoms with Crippen molar-refractivity contribution in [2.75, 3.05) is 57.4 Å². The zero-order chi connectivity index (χ0) is 24.3. The van der Waals surface area contributed by atoms with Gasteiger partial charge < -0.3 is 19.5 Å². The van der Waals surface area contributed by atoms with Crippen LogP contribution in [0.25, 0.3) is 22.2 Å². The van der Waals surface area contributed by atoms with Crippen LogP contribution in [0.15, 0.2) is 53.4 Å². The highest BCUT2D eigenvalue weighted by Gasteiger charge is 2.30. The summed E-state index contributed by atoms with van der Waals surface area (Å²) in [5.41, 5.74) is 4.12. The molecule has 3 fully saturated rings. The van der Waals surface area contributed by atoms with Gasteiger partial charge in [0.15, 0.2) is 0 Å². The Morgan fingerprint density at radius 1 is 0.886 bits per heavy atom. The second kappa shape index (κ2) is 10.4. The monoisotopic (exact) mass is 498 g/mol. The molecule has 188 valence electrons. The van der Waals surface area contributed by atoms with Crippen LogP contribution in [0.5, 0.6) is 0 Å². The third-order valence-corrected chi connectivity index (χ3v) is 8.78. The van der Waals surface area contributed by atoms with E-state index < -0.39 is 10.0 Å². The minimum Gasteiger partial charge on any atom is -0.378 e. The number of aromatic nitrogens is 1. The van der Waals surface area contributed by atoms with Crippen molar-refractivity contribution in [3.63, 3.8) is 0 Å². The molecule has 0 saturated carbocycles. The number of benzene rings is 2. The topological polar surface area (TPSA) is 86.0 Å². The number of ether oxygens (including phenoxy) is 1. The normalized spacial score (nSPS) is 18.7. The molecule has 1 aromatic heterocycles. The van der Waals surface area contributed by atoms with Gasteiger partial charge in [-0.3, -0.25) is 4.79 Å². The van der Waals surface area contributed by atoms with Crippen LogP contribution in [-0.2, 0) is 19.6 Å². The van der Waals surface area contributed by atoms with Crippen LogP contribution in [0.2, 0.25) is 0 Å². The Bertz CT molecular complexity index is 1250. The molecule has 1 N–H and O–H groups in total. The van der Waals surface area contributed by atoms with Crippen molar-refractivity contribution in [2.24, 2.45) is 0 Å². The molecule has 3 saturated heterocycles. The van der Waals surface area contributed by atoms with E-state index in [2.05, 4.69) is 28.1 Å². The van der Waals surface area contributed by atoms with Crippen molar-refractivity contribution in [3.8, 4) is 11.3 Å². The number of sulfonamides is 1. The second-order valence-corrected chi connectivity index (χ2v) is 11.1. The number of para-hydroxylation sites is 1. The van der Waals surface area contributed by atoms with E-state index in [1.165, 1.54) is 12.8 Å². The molecule has 8 nitrogen and oxygen atoms in total. The zero-order valence-corrected chi connectivity index (χ0v) is 20.7. The van der Waals surface area contributed by atoms with E-state index >= 15 is 0 Å². The van der Waals surface area contributed by atoms with Crippen LogP contribution < -0.4 is 4.90 Å². The first-order valence-corrected chi connectivity index (χ1v) is 13.7. The highest BCUT2D eigenvalue weighted by Crippen LogP contribution is 2.37. The number of nitrogens with one attached hydrogen (secondary N) is 1. The third kappa shape index (κ3) is 5.07. The number of aromatic amines is 1. The highest BCUT2D eigenvalue weighted by molar-refractivity contribution is 7.89. The SMILES string of the molecule is O=CN1CCOCC1.O=S(=O)(c1ccc(N2CCCC2)c(-c2cc3ccccc3[nH]2)c1)N1CCC1.[HH]. The summed E-state index contributed by atoms with van der Waals surface area (Å²) in [5.74, 6) is 0. The van der Waals surface area contributed by atoms with Gasteiger partial charge in [-0.1, -0.05) is 18.2 Å². The summed E-state index contributed by atoms with van der Waals surface area (Å²) < 4.78 is 32.4. The molecule has 3 aliphatic rings. The van der Waals surface area contributed by atoms with Gasteiger partial charge in [0, 0.05) is 68.5 Å². The van der Waals surface area contributed by atoms with Crippen molar-refractivity contribution in [1.29, 1.82) is 0 Å². The Balaban J connectivity index is 0.000000291. The summed E-state index contributed by atoms with van der Waals surface area (Å²) in [5, 5.41) is 1.14. The summed E-state index contributed by atoms with van der Waals surface area (Å²) in [4.78, 5) is 18.0. The van der Waals surface area contributed by atoms with Gasteiger partial charge in [-0.25, -0.2) is 8.42 Å². The number of hydrogen-bond acceptors (Lipinski definition) is 5. The molecule has 3 aliphatic heterocycles. The maximum atomic E-state index is 12.9. The molecule has 0 unspecified atom stereocenters. The van der Waals surface area contributed by atoms with Crippen molar-refractivity contribution in [2.45, 2.75) is 24.2 Å². The van der Waals surface area contributed by atoms with Crippen molar-refractivity contribution < 1.29 is 19.4 Å². The van der Waals surface area contributed by atoms with Gasteiger partial charge in [0.25, 0.3) is 0 Å². The first kappa shape index (κ1) is 23.8. The lowest BCUT2D eigenvalue weighted by Gasteiger charge is -2.30. The van der Waals surface area contributed by atoms with Gasteiger partial charge in [-0.2, -0.15) is 4.31 Å². The van der Waals surface area contributed by atoms with E-state index in [9.17, 15) is 13.2 Å². The van der Waals surface area contributed by atoms with Crippen molar-refractivity contribution in [1.82, 2.24) is 14.2 Å². The van der Waals surface area contributed by atoms with Crippen LogP contribution in [0, 0.1) is 0 Å². The Morgan fingerprint density at radius 3 is 2.26 bits per heavy atom. The number of amides is 1. The van der Waals surface area contributed by atoms with E-state index in [0.29, 0.717) is 31.2 Å². The van der Waals surface area contributed by atoms with Gasteiger partial charge in [0.05, 0.1) is 18.1 Å². The van der Waals surface area contributed by atoms with Crippen LogP contribution in [0.1, 0.15) is 20.7 Å². The molecule has 0 atom stereocenters. The fourth-order valence-electron chi connectivity index (χ4n) is 4.70. The summed E-state index contributed by atoms with van der Waals surface area (Å²) in [6.45, 7) is 6.18. The van der Waals surface area contributed by atoms with Gasteiger partial charge in [-0.05, 0) is 49.6 Å². The van der Waals surface area contributed by atoms with E-state index in [-0.39, 0.29) is 1.43 Å². The minimum atomic E-state index is -3.40. The number of carbonyl (C=O) groups excluding carboxylic acids is 1. The largest absolute Gasteiger partial charge is 0.378 e. The predicted octanol–water partition coefficient (Wildman–Crippen LogP) is 3.55. The summed E-state index contributed by atoms with van der Waals surface area (Å²) >= 11 is 0. The molecule has 3 aromatic rings. The van der Waals surface area contributed by atoms with E-state index in [0.717, 1.165) is 66.9 Å². The van der Waals surface area contributed by atoms with E-state index in [1.54, 1.807) is 15.3 Å². The fraction of sp³-hybridized carbons (Fsp3) is 0.423. The van der Waals surface area contributed by atoms with Crippen LogP contribution in [-0.4, -0.2) is 81.5 Å². The van der Waals surface area contributed by atoms with Gasteiger partial charge in [0.1, 0.15) is 0 Å². The molecular formula is C26H34N4O4S. The Hall–Kier alpha value is -2.88. The molecule has 6 rings (SSSR count). The van der Waals surface area contributed by atoms with Gasteiger partial charge in [-0.15, -0.1) is 0 Å². The highest BCUT2D eigenvalue weighted by atomic mass is 32.2. The lowest BCUT2D eigenvalue weighted by atomic mass is 10.1. The molecular weight excluding hydrogens is 464 g/mol. The molecule has 2 aromatic carbocycles. The Labute approximate surface area is 208 Å². The number of nitrogens with zero attached hydrogens (tertiary/aromatic N) is 3. The maximum absolute atomic E-state index is 12.9. The third-order valence-electron chi connectivity index (χ3n) is 6.88. The number of morpholine rings is 1. The summed E-state index contributed by atoms with van der Waals surface area (Å²) in [7, 11) is -3.40. The average molecular weight is 499 g/mol. The fourth-order valence-corrected chi connectivity index (χ4v) is 6.25. The number of H-pyrrole nitrogens is 1. The van der Waals surface area contributed by atoms with Gasteiger partial charge in [0.2, 0.25) is 16.4 Å². The smallest absolute Gasteiger partial charge is 0.243 e. The number of hydrogen-bond donors (Lipinski definition) is 1. The average Bonchev–Trinajstić information content (AvgIpc) is 3.53. The summed E-state index contributed by atoms with van der Waals surface area (Å²) in [6.07, 6.45) is 4.17. The summed E-state index contributed by atoms with van der Waals surface area (Å²) in [6, 6.07) is 15.9.